The molecule has 0 amide bonds. The summed E-state index contributed by atoms with van der Waals surface area (Å²) in [5, 5.41) is 8.89. The van der Waals surface area contributed by atoms with Gasteiger partial charge in [0.1, 0.15) is 12.1 Å². The van der Waals surface area contributed by atoms with Crippen molar-refractivity contribution in [1.82, 2.24) is 0 Å². The number of unbranched alkanes of at least 4 members (excludes halogenated alkanes) is 12. The van der Waals surface area contributed by atoms with Gasteiger partial charge in [-0.3, -0.25) is 18.6 Å². The number of carboxylic acid groups (broad SMARTS) is 1. The van der Waals surface area contributed by atoms with Crippen LogP contribution in [0.3, 0.4) is 0 Å². The molecular weight excluding hydrogens is 741 g/mol. The molecule has 10 nitrogen and oxygen atoms in total. The van der Waals surface area contributed by atoms with E-state index < -0.39 is 45.1 Å². The van der Waals surface area contributed by atoms with E-state index in [9.17, 15) is 19.0 Å². The first-order valence-electron chi connectivity index (χ1n) is 21.6. The fourth-order valence-electron chi connectivity index (χ4n) is 5.37. The van der Waals surface area contributed by atoms with Gasteiger partial charge in [-0.05, 0) is 83.5 Å². The predicted molar refractivity (Wildman–Crippen MR) is 235 cm³/mol. The molecule has 0 spiro atoms. The number of esters is 1. The summed E-state index contributed by atoms with van der Waals surface area (Å²) in [5.74, 6) is -1.80. The average molecular weight is 820 g/mol. The predicted octanol–water partition coefficient (Wildman–Crippen LogP) is 12.0. The van der Waals surface area contributed by atoms with Crippen molar-refractivity contribution in [2.45, 2.75) is 167 Å². The molecule has 0 aromatic heterocycles. The van der Waals surface area contributed by atoms with Gasteiger partial charge >= 0.3 is 19.8 Å². The number of rotatable bonds is 40. The van der Waals surface area contributed by atoms with Crippen LogP contribution in [0.5, 0.6) is 0 Å². The van der Waals surface area contributed by atoms with Crippen molar-refractivity contribution in [3.05, 3.63) is 85.1 Å². The standard InChI is InChI=1S/C46H78NO9P/c1-3-5-7-9-11-13-15-17-19-20-21-22-23-24-25-26-28-30-32-34-36-38-45(48)56-43(41-54-57(51,52)55-42-44(47)46(49)50)40-53-39-37-35-33-31-29-27-18-16-14-12-10-8-6-4-2/h5-8,11-14,17-19,21-22,27,43-44H,3-4,9-10,15-16,20,23-26,28-42,47H2,1-2H3,(H,49,50)(H,51,52)/b7-5-,8-6-,13-11-,14-12-,19-17-,22-21-,27-18-. The van der Waals surface area contributed by atoms with Crippen LogP contribution in [0.15, 0.2) is 85.1 Å². The molecule has 57 heavy (non-hydrogen) atoms. The Balaban J connectivity index is 4.28. The van der Waals surface area contributed by atoms with Gasteiger partial charge in [-0.2, -0.15) is 0 Å². The van der Waals surface area contributed by atoms with Gasteiger partial charge in [0.2, 0.25) is 0 Å². The number of aliphatic carboxylic acids is 1. The highest BCUT2D eigenvalue weighted by Crippen LogP contribution is 2.43. The Kier molecular flexibility index (Phi) is 39.2. The van der Waals surface area contributed by atoms with E-state index in [1.807, 2.05) is 0 Å². The maximum atomic E-state index is 12.6. The number of carbonyl (C=O) groups is 2. The molecule has 0 heterocycles. The number of phosphoric acid groups is 1. The van der Waals surface area contributed by atoms with Gasteiger partial charge in [0.15, 0.2) is 0 Å². The maximum absolute atomic E-state index is 12.6. The highest BCUT2D eigenvalue weighted by Gasteiger charge is 2.27. The molecule has 0 saturated heterocycles. The Labute approximate surface area is 346 Å². The molecule has 0 aliphatic heterocycles. The number of hydrogen-bond donors (Lipinski definition) is 3. The topological polar surface area (TPSA) is 155 Å². The Morgan fingerprint density at radius 2 is 0.965 bits per heavy atom. The minimum absolute atomic E-state index is 0.00679. The van der Waals surface area contributed by atoms with Crippen LogP contribution >= 0.6 is 7.82 Å². The second-order valence-corrected chi connectivity index (χ2v) is 15.5. The third-order valence-electron chi connectivity index (χ3n) is 8.67. The first kappa shape index (κ1) is 54.2. The van der Waals surface area contributed by atoms with E-state index in [2.05, 4.69) is 98.9 Å². The summed E-state index contributed by atoms with van der Waals surface area (Å²) in [6.45, 7) is 3.57. The molecule has 0 saturated carbocycles. The second-order valence-electron chi connectivity index (χ2n) is 14.1. The van der Waals surface area contributed by atoms with Crippen LogP contribution in [0.25, 0.3) is 0 Å². The first-order chi connectivity index (χ1) is 27.7. The normalized spacial score (nSPS) is 14.7. The Hall–Kier alpha value is -2.85. The molecule has 3 unspecified atom stereocenters. The summed E-state index contributed by atoms with van der Waals surface area (Å²) in [6, 6.07) is -1.48. The number of carbonyl (C=O) groups excluding carboxylic acids is 1. The van der Waals surface area contributed by atoms with Crippen LogP contribution < -0.4 is 5.73 Å². The third kappa shape index (κ3) is 41.1. The van der Waals surface area contributed by atoms with E-state index in [0.717, 1.165) is 103 Å². The number of carboxylic acids is 1. The summed E-state index contributed by atoms with van der Waals surface area (Å²) >= 11 is 0. The molecule has 4 N–H and O–H groups in total. The van der Waals surface area contributed by atoms with Crippen molar-refractivity contribution in [3.8, 4) is 0 Å². The summed E-state index contributed by atoms with van der Waals surface area (Å²) in [6.07, 6.45) is 52.1. The minimum atomic E-state index is -4.63. The fraction of sp³-hybridized carbons (Fsp3) is 0.652. The minimum Gasteiger partial charge on any atom is -0.480 e. The van der Waals surface area contributed by atoms with E-state index >= 15 is 0 Å². The first-order valence-corrected chi connectivity index (χ1v) is 23.1. The van der Waals surface area contributed by atoms with Crippen molar-refractivity contribution < 1.29 is 42.7 Å². The zero-order valence-corrected chi connectivity index (χ0v) is 36.3. The number of ether oxygens (including phenoxy) is 2. The van der Waals surface area contributed by atoms with E-state index in [1.54, 1.807) is 0 Å². The SMILES string of the molecule is CC/C=C\C/C=C\C/C=C\C/C=C\CCCCCCCCCCC(=O)OC(COCCCCCC/C=C\C/C=C\C/C=C\CC)COP(=O)(O)OCC(N)C(=O)O. The smallest absolute Gasteiger partial charge is 0.472 e. The fourth-order valence-corrected chi connectivity index (χ4v) is 6.15. The number of allylic oxidation sites excluding steroid dienone is 14. The lowest BCUT2D eigenvalue weighted by molar-refractivity contribution is -0.154. The summed E-state index contributed by atoms with van der Waals surface area (Å²) in [5.41, 5.74) is 5.35. The molecule has 0 bridgehead atoms. The van der Waals surface area contributed by atoms with Crippen molar-refractivity contribution in [1.29, 1.82) is 0 Å². The van der Waals surface area contributed by atoms with E-state index in [0.29, 0.717) is 13.0 Å². The zero-order valence-electron chi connectivity index (χ0n) is 35.4. The van der Waals surface area contributed by atoms with Gasteiger partial charge in [-0.15, -0.1) is 0 Å². The highest BCUT2D eigenvalue weighted by atomic mass is 31.2. The number of nitrogens with two attached hydrogens (primary N) is 1. The van der Waals surface area contributed by atoms with Crippen LogP contribution in [-0.4, -0.2) is 60.5 Å². The summed E-state index contributed by atoms with van der Waals surface area (Å²) < 4.78 is 33.3. The van der Waals surface area contributed by atoms with E-state index in [4.69, 9.17) is 29.4 Å². The van der Waals surface area contributed by atoms with Gasteiger partial charge in [-0.1, -0.05) is 150 Å². The molecule has 0 aliphatic rings. The molecular formula is C46H78NO9P. The molecule has 0 aromatic carbocycles. The monoisotopic (exact) mass is 820 g/mol. The lowest BCUT2D eigenvalue weighted by atomic mass is 10.1. The van der Waals surface area contributed by atoms with Crippen molar-refractivity contribution in [3.63, 3.8) is 0 Å². The lowest BCUT2D eigenvalue weighted by Crippen LogP contribution is -2.34. The van der Waals surface area contributed by atoms with Gasteiger partial charge in [0.25, 0.3) is 0 Å². The molecule has 11 heteroatoms. The molecule has 0 aromatic rings. The summed E-state index contributed by atoms with van der Waals surface area (Å²) in [7, 11) is -4.63. The molecule has 0 fully saturated rings. The van der Waals surface area contributed by atoms with Crippen molar-refractivity contribution in [2.75, 3.05) is 26.4 Å². The van der Waals surface area contributed by atoms with Crippen LogP contribution in [0, 0.1) is 0 Å². The highest BCUT2D eigenvalue weighted by molar-refractivity contribution is 7.47. The molecule has 0 radical (unpaired) electrons. The van der Waals surface area contributed by atoms with E-state index in [1.165, 1.54) is 25.7 Å². The second kappa shape index (κ2) is 41.3. The number of hydrogen-bond acceptors (Lipinski definition) is 8. The van der Waals surface area contributed by atoms with Gasteiger partial charge < -0.3 is 25.2 Å². The maximum Gasteiger partial charge on any atom is 0.472 e. The lowest BCUT2D eigenvalue weighted by Gasteiger charge is -2.20. The molecule has 3 atom stereocenters. The Morgan fingerprint density at radius 1 is 0.561 bits per heavy atom. The van der Waals surface area contributed by atoms with Crippen LogP contribution in [-0.2, 0) is 32.7 Å². The van der Waals surface area contributed by atoms with Crippen LogP contribution in [0.1, 0.15) is 155 Å². The Bertz CT molecular complexity index is 1220. The quantitative estimate of drug-likeness (QED) is 0.0235. The van der Waals surface area contributed by atoms with Gasteiger partial charge in [0, 0.05) is 13.0 Å². The zero-order chi connectivity index (χ0) is 41.9. The van der Waals surface area contributed by atoms with Gasteiger partial charge in [-0.25, -0.2) is 4.57 Å². The molecule has 0 rings (SSSR count). The third-order valence-corrected chi connectivity index (χ3v) is 9.62. The summed E-state index contributed by atoms with van der Waals surface area (Å²) in [4.78, 5) is 33.5. The largest absolute Gasteiger partial charge is 0.480 e. The number of phosphoric ester groups is 1. The van der Waals surface area contributed by atoms with Gasteiger partial charge in [0.05, 0.1) is 19.8 Å². The van der Waals surface area contributed by atoms with Crippen LogP contribution in [0.2, 0.25) is 0 Å². The van der Waals surface area contributed by atoms with Crippen LogP contribution in [0.4, 0.5) is 0 Å². The molecule has 0 aliphatic carbocycles. The average Bonchev–Trinajstić information content (AvgIpc) is 3.19. The van der Waals surface area contributed by atoms with Crippen molar-refractivity contribution >= 4 is 19.8 Å². The molecule has 326 valence electrons. The van der Waals surface area contributed by atoms with E-state index in [-0.39, 0.29) is 13.0 Å². The van der Waals surface area contributed by atoms with Crippen molar-refractivity contribution in [2.24, 2.45) is 5.73 Å². The Morgan fingerprint density at radius 3 is 1.44 bits per heavy atom.